The largest absolute Gasteiger partial charge is 0.366 e. The number of para-hydroxylation sites is 1. The predicted molar refractivity (Wildman–Crippen MR) is 75.9 cm³/mol. The molecule has 2 aromatic rings. The van der Waals surface area contributed by atoms with E-state index in [2.05, 4.69) is 35.6 Å². The fraction of sp³-hybridized carbons (Fsp3) is 0.429. The Morgan fingerprint density at radius 3 is 2.68 bits per heavy atom. The number of rotatable bonds is 5. The first-order valence-corrected chi connectivity index (χ1v) is 6.60. The van der Waals surface area contributed by atoms with Crippen LogP contribution in [0.4, 0.5) is 0 Å². The first kappa shape index (κ1) is 13.5. The Morgan fingerprint density at radius 2 is 2.11 bits per heavy atom. The van der Waals surface area contributed by atoms with Crippen LogP contribution in [0.15, 0.2) is 18.2 Å². The quantitative estimate of drug-likeness (QED) is 0.864. The third kappa shape index (κ3) is 2.46. The lowest BCUT2D eigenvalue weighted by atomic mass is 10.2. The molecule has 0 aliphatic carbocycles. The molecule has 2 rings (SSSR count). The van der Waals surface area contributed by atoms with E-state index in [0.717, 1.165) is 24.4 Å². The van der Waals surface area contributed by atoms with Crippen molar-refractivity contribution in [1.82, 2.24) is 14.9 Å². The van der Waals surface area contributed by atoms with Crippen LogP contribution in [0.1, 0.15) is 43.0 Å². The lowest BCUT2D eigenvalue weighted by Crippen LogP contribution is -2.27. The number of carbonyl (C=O) groups is 1. The smallest absolute Gasteiger partial charge is 0.250 e. The van der Waals surface area contributed by atoms with Gasteiger partial charge in [0.2, 0.25) is 0 Å². The van der Waals surface area contributed by atoms with E-state index in [4.69, 9.17) is 5.73 Å². The van der Waals surface area contributed by atoms with Gasteiger partial charge in [0.1, 0.15) is 11.3 Å². The van der Waals surface area contributed by atoms with Crippen LogP contribution in [-0.2, 0) is 0 Å². The van der Waals surface area contributed by atoms with Crippen molar-refractivity contribution in [2.75, 3.05) is 13.1 Å². The number of amides is 1. The van der Waals surface area contributed by atoms with Crippen LogP contribution in [0.25, 0.3) is 11.0 Å². The minimum atomic E-state index is -0.445. The zero-order valence-electron chi connectivity index (χ0n) is 11.6. The maximum Gasteiger partial charge on any atom is 0.250 e. The summed E-state index contributed by atoms with van der Waals surface area (Å²) in [4.78, 5) is 21.5. The van der Waals surface area contributed by atoms with E-state index in [9.17, 15) is 4.79 Å². The van der Waals surface area contributed by atoms with E-state index in [-0.39, 0.29) is 6.04 Å². The highest BCUT2D eigenvalue weighted by atomic mass is 16.1. The number of aromatic nitrogens is 2. The van der Waals surface area contributed by atoms with Gasteiger partial charge in [-0.15, -0.1) is 0 Å². The summed E-state index contributed by atoms with van der Waals surface area (Å²) < 4.78 is 0. The van der Waals surface area contributed by atoms with Gasteiger partial charge in [0, 0.05) is 0 Å². The van der Waals surface area contributed by atoms with E-state index in [1.807, 2.05) is 12.1 Å². The molecule has 0 fully saturated rings. The molecule has 0 aliphatic rings. The number of aromatic amines is 1. The number of fused-ring (bicyclic) bond motifs is 1. The Morgan fingerprint density at radius 1 is 1.42 bits per heavy atom. The van der Waals surface area contributed by atoms with Crippen molar-refractivity contribution in [3.8, 4) is 0 Å². The Balaban J connectivity index is 2.47. The maximum absolute atomic E-state index is 11.4. The van der Waals surface area contributed by atoms with Crippen molar-refractivity contribution >= 4 is 16.9 Å². The van der Waals surface area contributed by atoms with E-state index in [0.29, 0.717) is 11.1 Å². The topological polar surface area (TPSA) is 75.0 Å². The second-order valence-electron chi connectivity index (χ2n) is 4.59. The van der Waals surface area contributed by atoms with Crippen LogP contribution in [-0.4, -0.2) is 33.9 Å². The molecular formula is C14H20N4O. The lowest BCUT2D eigenvalue weighted by Gasteiger charge is -2.24. The number of hydrogen-bond donors (Lipinski definition) is 2. The molecule has 1 aromatic heterocycles. The highest BCUT2D eigenvalue weighted by molar-refractivity contribution is 6.04. The van der Waals surface area contributed by atoms with E-state index in [1.165, 1.54) is 0 Å². The van der Waals surface area contributed by atoms with Gasteiger partial charge in [-0.2, -0.15) is 0 Å². The summed E-state index contributed by atoms with van der Waals surface area (Å²) in [7, 11) is 0. The normalized spacial score (nSPS) is 13.1. The predicted octanol–water partition coefficient (Wildman–Crippen LogP) is 2.06. The van der Waals surface area contributed by atoms with Crippen LogP contribution < -0.4 is 5.73 Å². The Kier molecular flexibility index (Phi) is 3.85. The van der Waals surface area contributed by atoms with Gasteiger partial charge in [-0.3, -0.25) is 9.69 Å². The van der Waals surface area contributed by atoms with Crippen LogP contribution in [0.2, 0.25) is 0 Å². The van der Waals surface area contributed by atoms with Gasteiger partial charge in [0.05, 0.1) is 17.1 Å². The molecule has 5 nitrogen and oxygen atoms in total. The number of nitrogens with two attached hydrogens (primary N) is 1. The Hall–Kier alpha value is -1.88. The number of imidazole rings is 1. The number of primary amides is 1. The molecule has 0 spiro atoms. The molecule has 0 saturated heterocycles. The van der Waals surface area contributed by atoms with Crippen LogP contribution in [0, 0.1) is 0 Å². The third-order valence-corrected chi connectivity index (χ3v) is 3.55. The van der Waals surface area contributed by atoms with Gasteiger partial charge in [0.25, 0.3) is 5.91 Å². The molecule has 0 bridgehead atoms. The second kappa shape index (κ2) is 5.40. The average Bonchev–Trinajstić information content (AvgIpc) is 2.83. The maximum atomic E-state index is 11.4. The van der Waals surface area contributed by atoms with Crippen LogP contribution >= 0.6 is 0 Å². The summed E-state index contributed by atoms with van der Waals surface area (Å²) in [5.74, 6) is 0.423. The minimum absolute atomic E-state index is 0.183. The van der Waals surface area contributed by atoms with Gasteiger partial charge in [-0.25, -0.2) is 4.98 Å². The molecule has 5 heteroatoms. The summed E-state index contributed by atoms with van der Waals surface area (Å²) >= 11 is 0. The standard InChI is InChI=1S/C14H20N4O/c1-4-18(5-2)9(3)14-16-11-8-6-7-10(13(15)19)12(11)17-14/h6-9H,4-5H2,1-3H3,(H2,15,19)(H,16,17). The second-order valence-corrected chi connectivity index (χ2v) is 4.59. The van der Waals surface area contributed by atoms with Crippen LogP contribution in [0.5, 0.6) is 0 Å². The summed E-state index contributed by atoms with van der Waals surface area (Å²) in [6.07, 6.45) is 0. The Bertz CT molecular complexity index is 586. The monoisotopic (exact) mass is 260 g/mol. The van der Waals surface area contributed by atoms with Gasteiger partial charge >= 0.3 is 0 Å². The molecule has 1 unspecified atom stereocenters. The van der Waals surface area contributed by atoms with Crippen molar-refractivity contribution in [3.05, 3.63) is 29.6 Å². The lowest BCUT2D eigenvalue weighted by molar-refractivity contribution is 0.100. The van der Waals surface area contributed by atoms with Gasteiger partial charge in [-0.05, 0) is 32.1 Å². The van der Waals surface area contributed by atoms with E-state index < -0.39 is 5.91 Å². The zero-order valence-corrected chi connectivity index (χ0v) is 11.6. The molecule has 1 heterocycles. The van der Waals surface area contributed by atoms with E-state index >= 15 is 0 Å². The van der Waals surface area contributed by atoms with Gasteiger partial charge in [-0.1, -0.05) is 19.9 Å². The molecule has 0 aliphatic heterocycles. The number of nitrogens with one attached hydrogen (secondary N) is 1. The highest BCUT2D eigenvalue weighted by Gasteiger charge is 2.18. The molecule has 1 atom stereocenters. The molecule has 1 amide bonds. The molecule has 0 saturated carbocycles. The number of nitrogens with zero attached hydrogens (tertiary/aromatic N) is 2. The van der Waals surface area contributed by atoms with Crippen molar-refractivity contribution in [1.29, 1.82) is 0 Å². The highest BCUT2D eigenvalue weighted by Crippen LogP contribution is 2.22. The molecule has 0 radical (unpaired) electrons. The number of H-pyrrole nitrogens is 1. The molecule has 1 aromatic carbocycles. The molecule has 19 heavy (non-hydrogen) atoms. The van der Waals surface area contributed by atoms with Crippen molar-refractivity contribution in [3.63, 3.8) is 0 Å². The van der Waals surface area contributed by atoms with Gasteiger partial charge in [0.15, 0.2) is 0 Å². The fourth-order valence-electron chi connectivity index (χ4n) is 2.39. The molecular weight excluding hydrogens is 240 g/mol. The number of carbonyl (C=O) groups excluding carboxylic acids is 1. The summed E-state index contributed by atoms with van der Waals surface area (Å²) in [6, 6.07) is 5.61. The SMILES string of the molecule is CCN(CC)C(C)c1nc2c(C(N)=O)cccc2[nH]1. The number of hydrogen-bond acceptors (Lipinski definition) is 3. The van der Waals surface area contributed by atoms with Crippen molar-refractivity contribution in [2.45, 2.75) is 26.8 Å². The van der Waals surface area contributed by atoms with Crippen molar-refractivity contribution < 1.29 is 4.79 Å². The summed E-state index contributed by atoms with van der Waals surface area (Å²) in [5, 5.41) is 0. The molecule has 3 N–H and O–H groups in total. The van der Waals surface area contributed by atoms with Crippen molar-refractivity contribution in [2.24, 2.45) is 5.73 Å². The molecule has 102 valence electrons. The fourth-order valence-corrected chi connectivity index (χ4v) is 2.39. The van der Waals surface area contributed by atoms with Crippen LogP contribution in [0.3, 0.4) is 0 Å². The summed E-state index contributed by atoms with van der Waals surface area (Å²) in [5.41, 5.74) is 7.35. The Labute approximate surface area is 112 Å². The zero-order chi connectivity index (χ0) is 14.0. The summed E-state index contributed by atoms with van der Waals surface area (Å²) in [6.45, 7) is 8.26. The third-order valence-electron chi connectivity index (χ3n) is 3.55. The first-order chi connectivity index (χ1) is 9.08. The minimum Gasteiger partial charge on any atom is -0.366 e. The average molecular weight is 260 g/mol. The van der Waals surface area contributed by atoms with E-state index in [1.54, 1.807) is 6.07 Å². The van der Waals surface area contributed by atoms with Gasteiger partial charge < -0.3 is 10.7 Å². The first-order valence-electron chi connectivity index (χ1n) is 6.60. The number of benzene rings is 1.